The van der Waals surface area contributed by atoms with Crippen molar-refractivity contribution in [1.29, 1.82) is 0 Å². The highest BCUT2D eigenvalue weighted by molar-refractivity contribution is 7.99. The van der Waals surface area contributed by atoms with E-state index in [9.17, 15) is 4.79 Å². The molecule has 0 heterocycles. The van der Waals surface area contributed by atoms with Crippen molar-refractivity contribution in [1.82, 2.24) is 5.32 Å². The Morgan fingerprint density at radius 2 is 2.11 bits per heavy atom. The smallest absolute Gasteiger partial charge is 0.225 e. The third kappa shape index (κ3) is 5.66. The van der Waals surface area contributed by atoms with Crippen LogP contribution in [-0.2, 0) is 10.5 Å². The molecule has 106 valence electrons. The van der Waals surface area contributed by atoms with E-state index in [4.69, 9.17) is 0 Å². The minimum Gasteiger partial charge on any atom is -0.326 e. The molecule has 0 aliphatic carbocycles. The van der Waals surface area contributed by atoms with E-state index in [1.54, 1.807) is 0 Å². The standard InChI is InChI=1S/C15H24N2OS/c1-11(2)19-10-13-6-5-7-14(12(13)3)17-15(18)8-9-16-4/h5-7,11,16H,8-10H2,1-4H3,(H,17,18). The van der Waals surface area contributed by atoms with Crippen LogP contribution in [0.25, 0.3) is 0 Å². The van der Waals surface area contributed by atoms with E-state index in [0.29, 0.717) is 18.2 Å². The Hall–Kier alpha value is -1.00. The number of hydrogen-bond acceptors (Lipinski definition) is 3. The molecule has 1 aromatic carbocycles. The second kappa shape index (κ2) is 8.23. The molecule has 2 N–H and O–H groups in total. The Labute approximate surface area is 120 Å². The fraction of sp³-hybridized carbons (Fsp3) is 0.533. The lowest BCUT2D eigenvalue weighted by molar-refractivity contribution is -0.116. The summed E-state index contributed by atoms with van der Waals surface area (Å²) in [6.07, 6.45) is 0.501. The number of benzene rings is 1. The maximum absolute atomic E-state index is 11.7. The molecule has 0 saturated heterocycles. The van der Waals surface area contributed by atoms with Gasteiger partial charge < -0.3 is 10.6 Å². The Morgan fingerprint density at radius 1 is 1.37 bits per heavy atom. The van der Waals surface area contributed by atoms with Crippen LogP contribution in [0.4, 0.5) is 5.69 Å². The Kier molecular flexibility index (Phi) is 6.95. The molecule has 19 heavy (non-hydrogen) atoms. The normalized spacial score (nSPS) is 10.8. The first kappa shape index (κ1) is 16.1. The number of thioether (sulfide) groups is 1. The van der Waals surface area contributed by atoms with Gasteiger partial charge in [0.1, 0.15) is 0 Å². The molecule has 4 heteroatoms. The number of amides is 1. The van der Waals surface area contributed by atoms with Crippen molar-refractivity contribution in [3.8, 4) is 0 Å². The van der Waals surface area contributed by atoms with Gasteiger partial charge in [0.25, 0.3) is 0 Å². The molecule has 0 unspecified atom stereocenters. The van der Waals surface area contributed by atoms with E-state index in [1.807, 2.05) is 30.9 Å². The molecule has 0 saturated carbocycles. The van der Waals surface area contributed by atoms with Crippen LogP contribution < -0.4 is 10.6 Å². The van der Waals surface area contributed by atoms with Gasteiger partial charge >= 0.3 is 0 Å². The van der Waals surface area contributed by atoms with Crippen LogP contribution in [0.15, 0.2) is 18.2 Å². The molecule has 0 aliphatic rings. The fourth-order valence-corrected chi connectivity index (χ4v) is 2.51. The van der Waals surface area contributed by atoms with E-state index in [0.717, 1.165) is 11.4 Å². The molecule has 0 aromatic heterocycles. The van der Waals surface area contributed by atoms with Crippen LogP contribution in [0.3, 0.4) is 0 Å². The van der Waals surface area contributed by atoms with Crippen LogP contribution in [-0.4, -0.2) is 24.7 Å². The third-order valence-electron chi connectivity index (χ3n) is 2.89. The average molecular weight is 280 g/mol. The molecular formula is C15H24N2OS. The summed E-state index contributed by atoms with van der Waals surface area (Å²) in [5.74, 6) is 1.05. The second-order valence-corrected chi connectivity index (χ2v) is 6.42. The van der Waals surface area contributed by atoms with Gasteiger partial charge in [0.05, 0.1) is 0 Å². The number of carbonyl (C=O) groups excluding carboxylic acids is 1. The van der Waals surface area contributed by atoms with Gasteiger partial charge in [-0.3, -0.25) is 4.79 Å². The largest absolute Gasteiger partial charge is 0.326 e. The molecular weight excluding hydrogens is 256 g/mol. The SMILES string of the molecule is CNCCC(=O)Nc1cccc(CSC(C)C)c1C. The van der Waals surface area contributed by atoms with Crippen molar-refractivity contribution in [2.24, 2.45) is 0 Å². The Morgan fingerprint density at radius 3 is 2.74 bits per heavy atom. The van der Waals surface area contributed by atoms with E-state index >= 15 is 0 Å². The Balaban J connectivity index is 2.68. The molecule has 0 spiro atoms. The zero-order valence-corrected chi connectivity index (χ0v) is 13.1. The van der Waals surface area contributed by atoms with Crippen LogP contribution in [0.2, 0.25) is 0 Å². The van der Waals surface area contributed by atoms with Gasteiger partial charge in [0.15, 0.2) is 0 Å². The summed E-state index contributed by atoms with van der Waals surface area (Å²) < 4.78 is 0. The summed E-state index contributed by atoms with van der Waals surface area (Å²) in [7, 11) is 1.85. The van der Waals surface area contributed by atoms with Crippen molar-refractivity contribution in [3.63, 3.8) is 0 Å². The summed E-state index contributed by atoms with van der Waals surface area (Å²) >= 11 is 1.92. The number of anilines is 1. The first-order valence-electron chi connectivity index (χ1n) is 6.69. The predicted molar refractivity (Wildman–Crippen MR) is 84.8 cm³/mol. The zero-order valence-electron chi connectivity index (χ0n) is 12.2. The zero-order chi connectivity index (χ0) is 14.3. The van der Waals surface area contributed by atoms with Gasteiger partial charge in [-0.15, -0.1) is 0 Å². The highest BCUT2D eigenvalue weighted by Gasteiger charge is 2.08. The van der Waals surface area contributed by atoms with Crippen molar-refractivity contribution in [3.05, 3.63) is 29.3 Å². The maximum atomic E-state index is 11.7. The maximum Gasteiger partial charge on any atom is 0.225 e. The summed E-state index contributed by atoms with van der Waals surface area (Å²) in [5.41, 5.74) is 3.40. The van der Waals surface area contributed by atoms with Gasteiger partial charge in [-0.1, -0.05) is 26.0 Å². The molecule has 0 atom stereocenters. The summed E-state index contributed by atoms with van der Waals surface area (Å²) in [6, 6.07) is 6.11. The second-order valence-electron chi connectivity index (χ2n) is 4.85. The van der Waals surface area contributed by atoms with Crippen molar-refractivity contribution >= 4 is 23.4 Å². The van der Waals surface area contributed by atoms with E-state index in [2.05, 4.69) is 37.5 Å². The lowest BCUT2D eigenvalue weighted by atomic mass is 10.1. The van der Waals surface area contributed by atoms with Gasteiger partial charge in [0.2, 0.25) is 5.91 Å². The van der Waals surface area contributed by atoms with E-state index in [1.165, 1.54) is 11.1 Å². The molecule has 0 radical (unpaired) electrons. The van der Waals surface area contributed by atoms with Crippen molar-refractivity contribution in [2.45, 2.75) is 38.2 Å². The van der Waals surface area contributed by atoms with Crippen LogP contribution in [0, 0.1) is 6.92 Å². The van der Waals surface area contributed by atoms with Crippen LogP contribution in [0.5, 0.6) is 0 Å². The number of carbonyl (C=O) groups is 1. The number of hydrogen-bond donors (Lipinski definition) is 2. The lowest BCUT2D eigenvalue weighted by Gasteiger charge is -2.13. The van der Waals surface area contributed by atoms with Gasteiger partial charge in [-0.25, -0.2) is 0 Å². The summed E-state index contributed by atoms with van der Waals surface area (Å²) in [4.78, 5) is 11.7. The number of nitrogens with one attached hydrogen (secondary N) is 2. The van der Waals surface area contributed by atoms with Gasteiger partial charge in [-0.05, 0) is 36.4 Å². The monoisotopic (exact) mass is 280 g/mol. The molecule has 0 bridgehead atoms. The topological polar surface area (TPSA) is 41.1 Å². The lowest BCUT2D eigenvalue weighted by Crippen LogP contribution is -2.19. The first-order valence-corrected chi connectivity index (χ1v) is 7.74. The average Bonchev–Trinajstić information content (AvgIpc) is 2.37. The highest BCUT2D eigenvalue weighted by atomic mass is 32.2. The molecule has 0 aliphatic heterocycles. The minimum absolute atomic E-state index is 0.0612. The van der Waals surface area contributed by atoms with Crippen molar-refractivity contribution < 1.29 is 4.79 Å². The van der Waals surface area contributed by atoms with Gasteiger partial charge in [0, 0.05) is 24.4 Å². The molecule has 3 nitrogen and oxygen atoms in total. The fourth-order valence-electron chi connectivity index (χ4n) is 1.68. The molecule has 1 aromatic rings. The molecule has 1 amide bonds. The summed E-state index contributed by atoms with van der Waals surface area (Å²) in [5, 5.41) is 6.58. The molecule has 0 fully saturated rings. The third-order valence-corrected chi connectivity index (χ3v) is 4.04. The quantitative estimate of drug-likeness (QED) is 0.806. The van der Waals surface area contributed by atoms with Crippen molar-refractivity contribution in [2.75, 3.05) is 18.9 Å². The van der Waals surface area contributed by atoms with E-state index < -0.39 is 0 Å². The Bertz CT molecular complexity index is 419. The van der Waals surface area contributed by atoms with Gasteiger partial charge in [-0.2, -0.15) is 11.8 Å². The molecule has 1 rings (SSSR count). The van der Waals surface area contributed by atoms with Crippen LogP contribution in [0.1, 0.15) is 31.4 Å². The van der Waals surface area contributed by atoms with Crippen LogP contribution >= 0.6 is 11.8 Å². The summed E-state index contributed by atoms with van der Waals surface area (Å²) in [6.45, 7) is 7.17. The first-order chi connectivity index (χ1) is 9.04. The highest BCUT2D eigenvalue weighted by Crippen LogP contribution is 2.24. The number of rotatable bonds is 7. The minimum atomic E-state index is 0.0612. The predicted octanol–water partition coefficient (Wildman–Crippen LogP) is 3.18. The van der Waals surface area contributed by atoms with E-state index in [-0.39, 0.29) is 5.91 Å².